The second-order valence-corrected chi connectivity index (χ2v) is 5.54. The maximum Gasteiger partial charge on any atom is 0.0221 e. The van der Waals surface area contributed by atoms with Crippen molar-refractivity contribution in [2.45, 2.75) is 44.6 Å². The zero-order valence-electron chi connectivity index (χ0n) is 9.10. The molecule has 80 valence electrons. The molecule has 0 bridgehead atoms. The summed E-state index contributed by atoms with van der Waals surface area (Å²) in [5.74, 6) is 0. The van der Waals surface area contributed by atoms with Gasteiger partial charge in [0.15, 0.2) is 0 Å². The average Bonchev–Trinajstić information content (AvgIpc) is 3.01. The van der Waals surface area contributed by atoms with Crippen molar-refractivity contribution in [2.24, 2.45) is 5.41 Å². The summed E-state index contributed by atoms with van der Waals surface area (Å²) in [6, 6.07) is 0.861. The molecular formula is C12H22N2. The van der Waals surface area contributed by atoms with Crippen LogP contribution in [-0.4, -0.2) is 37.1 Å². The van der Waals surface area contributed by atoms with Gasteiger partial charge in [-0.15, -0.1) is 0 Å². The molecule has 2 nitrogen and oxygen atoms in total. The molecule has 0 aromatic heterocycles. The van der Waals surface area contributed by atoms with E-state index in [-0.39, 0.29) is 0 Å². The van der Waals surface area contributed by atoms with Crippen molar-refractivity contribution >= 4 is 0 Å². The maximum atomic E-state index is 3.53. The van der Waals surface area contributed by atoms with E-state index in [1.54, 1.807) is 0 Å². The van der Waals surface area contributed by atoms with E-state index in [1.165, 1.54) is 64.7 Å². The fraction of sp³-hybridized carbons (Fsp3) is 1.00. The highest BCUT2D eigenvalue weighted by Gasteiger charge is 2.45. The molecular weight excluding hydrogens is 172 g/mol. The van der Waals surface area contributed by atoms with E-state index in [0.29, 0.717) is 0 Å². The lowest BCUT2D eigenvalue weighted by Gasteiger charge is -2.39. The number of piperidine rings is 2. The first kappa shape index (κ1) is 9.17. The van der Waals surface area contributed by atoms with Crippen LogP contribution in [-0.2, 0) is 0 Å². The Morgan fingerprint density at radius 2 is 1.86 bits per heavy atom. The first-order valence-corrected chi connectivity index (χ1v) is 6.33. The Labute approximate surface area is 87.0 Å². The van der Waals surface area contributed by atoms with Crippen LogP contribution >= 0.6 is 0 Å². The molecule has 1 atom stereocenters. The van der Waals surface area contributed by atoms with Crippen LogP contribution < -0.4 is 5.32 Å². The minimum absolute atomic E-state index is 0.846. The van der Waals surface area contributed by atoms with E-state index in [1.807, 2.05) is 0 Å². The van der Waals surface area contributed by atoms with E-state index in [9.17, 15) is 0 Å². The van der Waals surface area contributed by atoms with E-state index in [4.69, 9.17) is 0 Å². The van der Waals surface area contributed by atoms with Gasteiger partial charge in [-0.25, -0.2) is 0 Å². The van der Waals surface area contributed by atoms with Crippen LogP contribution in [0.2, 0.25) is 0 Å². The van der Waals surface area contributed by atoms with E-state index in [0.717, 1.165) is 11.5 Å². The summed E-state index contributed by atoms with van der Waals surface area (Å²) in [5.41, 5.74) is 0.846. The third kappa shape index (κ3) is 1.70. The summed E-state index contributed by atoms with van der Waals surface area (Å²) in [6.45, 7) is 5.25. The largest absolute Gasteiger partial charge is 0.315 e. The fourth-order valence-electron chi connectivity index (χ4n) is 3.19. The van der Waals surface area contributed by atoms with Gasteiger partial charge >= 0.3 is 0 Å². The van der Waals surface area contributed by atoms with Crippen molar-refractivity contribution in [3.05, 3.63) is 0 Å². The molecule has 1 unspecified atom stereocenters. The van der Waals surface area contributed by atoms with Crippen LogP contribution in [0.4, 0.5) is 0 Å². The van der Waals surface area contributed by atoms with Crippen LogP contribution in [0.25, 0.3) is 0 Å². The molecule has 2 saturated heterocycles. The van der Waals surface area contributed by atoms with Crippen molar-refractivity contribution in [1.29, 1.82) is 0 Å². The lowest BCUT2D eigenvalue weighted by Crippen LogP contribution is -2.49. The van der Waals surface area contributed by atoms with Crippen molar-refractivity contribution in [2.75, 3.05) is 26.2 Å². The molecule has 14 heavy (non-hydrogen) atoms. The maximum absolute atomic E-state index is 3.53. The standard InChI is InChI=1S/C12H22N2/c1-2-11(10-13-7-1)14-8-5-12(3-4-12)6-9-14/h11,13H,1-10H2. The molecule has 0 aromatic carbocycles. The first-order chi connectivity index (χ1) is 6.88. The van der Waals surface area contributed by atoms with Crippen LogP contribution in [0, 0.1) is 5.41 Å². The summed E-state index contributed by atoms with van der Waals surface area (Å²) in [6.07, 6.45) is 8.85. The predicted molar refractivity (Wildman–Crippen MR) is 58.4 cm³/mol. The van der Waals surface area contributed by atoms with Gasteiger partial charge in [-0.3, -0.25) is 4.90 Å². The van der Waals surface area contributed by atoms with Crippen molar-refractivity contribution < 1.29 is 0 Å². The summed E-state index contributed by atoms with van der Waals surface area (Å²) >= 11 is 0. The molecule has 3 fully saturated rings. The Hall–Kier alpha value is -0.0800. The minimum atomic E-state index is 0.846. The summed E-state index contributed by atoms with van der Waals surface area (Å²) in [5, 5.41) is 3.53. The van der Waals surface area contributed by atoms with Gasteiger partial charge in [-0.05, 0) is 63.6 Å². The molecule has 0 radical (unpaired) electrons. The highest BCUT2D eigenvalue weighted by Crippen LogP contribution is 2.53. The number of likely N-dealkylation sites (tertiary alicyclic amines) is 1. The van der Waals surface area contributed by atoms with Crippen LogP contribution in [0.1, 0.15) is 38.5 Å². The number of rotatable bonds is 1. The summed E-state index contributed by atoms with van der Waals surface area (Å²) < 4.78 is 0. The highest BCUT2D eigenvalue weighted by atomic mass is 15.2. The molecule has 0 aromatic rings. The van der Waals surface area contributed by atoms with Gasteiger partial charge in [0.25, 0.3) is 0 Å². The van der Waals surface area contributed by atoms with Gasteiger partial charge in [0.1, 0.15) is 0 Å². The average molecular weight is 194 g/mol. The Morgan fingerprint density at radius 3 is 2.43 bits per heavy atom. The van der Waals surface area contributed by atoms with E-state index in [2.05, 4.69) is 10.2 Å². The third-order valence-corrected chi connectivity index (χ3v) is 4.60. The molecule has 1 spiro atoms. The summed E-state index contributed by atoms with van der Waals surface area (Å²) in [7, 11) is 0. The lowest BCUT2D eigenvalue weighted by molar-refractivity contribution is 0.107. The fourth-order valence-corrected chi connectivity index (χ4v) is 3.19. The Bertz CT molecular complexity index is 194. The second kappa shape index (κ2) is 3.49. The third-order valence-electron chi connectivity index (χ3n) is 4.60. The molecule has 3 rings (SSSR count). The first-order valence-electron chi connectivity index (χ1n) is 6.33. The minimum Gasteiger partial charge on any atom is -0.315 e. The lowest BCUT2D eigenvalue weighted by atomic mass is 9.91. The normalized spacial score (nSPS) is 37.3. The molecule has 1 aliphatic carbocycles. The zero-order valence-corrected chi connectivity index (χ0v) is 9.10. The number of nitrogens with zero attached hydrogens (tertiary/aromatic N) is 1. The number of hydrogen-bond acceptors (Lipinski definition) is 2. The van der Waals surface area contributed by atoms with E-state index < -0.39 is 0 Å². The van der Waals surface area contributed by atoms with Crippen LogP contribution in [0.15, 0.2) is 0 Å². The zero-order chi connectivity index (χ0) is 9.43. The smallest absolute Gasteiger partial charge is 0.0221 e. The van der Waals surface area contributed by atoms with Gasteiger partial charge in [0.2, 0.25) is 0 Å². The molecule has 2 heteroatoms. The summed E-state index contributed by atoms with van der Waals surface area (Å²) in [4.78, 5) is 2.75. The Morgan fingerprint density at radius 1 is 1.07 bits per heavy atom. The van der Waals surface area contributed by atoms with Crippen molar-refractivity contribution in [3.63, 3.8) is 0 Å². The molecule has 2 heterocycles. The Kier molecular flexibility index (Phi) is 2.29. The van der Waals surface area contributed by atoms with Gasteiger partial charge < -0.3 is 5.32 Å². The van der Waals surface area contributed by atoms with Crippen LogP contribution in [0.3, 0.4) is 0 Å². The predicted octanol–water partition coefficient (Wildman–Crippen LogP) is 1.61. The second-order valence-electron chi connectivity index (χ2n) is 5.54. The van der Waals surface area contributed by atoms with Gasteiger partial charge in [0.05, 0.1) is 0 Å². The van der Waals surface area contributed by atoms with Crippen molar-refractivity contribution in [3.8, 4) is 0 Å². The number of hydrogen-bond donors (Lipinski definition) is 1. The van der Waals surface area contributed by atoms with E-state index >= 15 is 0 Å². The molecule has 2 aliphatic heterocycles. The Balaban J connectivity index is 1.53. The molecule has 1 saturated carbocycles. The van der Waals surface area contributed by atoms with Crippen molar-refractivity contribution in [1.82, 2.24) is 10.2 Å². The van der Waals surface area contributed by atoms with Gasteiger partial charge in [0, 0.05) is 12.6 Å². The SMILES string of the molecule is C1CNCC(N2CCC3(CC2)CC3)C1. The molecule has 3 aliphatic rings. The van der Waals surface area contributed by atoms with Gasteiger partial charge in [-0.2, -0.15) is 0 Å². The number of nitrogens with one attached hydrogen (secondary N) is 1. The molecule has 0 amide bonds. The monoisotopic (exact) mass is 194 g/mol. The topological polar surface area (TPSA) is 15.3 Å². The highest BCUT2D eigenvalue weighted by molar-refractivity contribution is 4.98. The molecule has 1 N–H and O–H groups in total. The quantitative estimate of drug-likeness (QED) is 0.682. The van der Waals surface area contributed by atoms with Gasteiger partial charge in [-0.1, -0.05) is 0 Å². The van der Waals surface area contributed by atoms with Crippen LogP contribution in [0.5, 0.6) is 0 Å².